The highest BCUT2D eigenvalue weighted by atomic mass is 35.5. The molecule has 0 aliphatic heterocycles. The average molecular weight is 581 g/mol. The Hall–Kier alpha value is -2.86. The van der Waals surface area contributed by atoms with Crippen LogP contribution >= 0.6 is 47.3 Å². The zero-order valence-corrected chi connectivity index (χ0v) is 23.6. The molecule has 1 aliphatic carbocycles. The molecule has 1 fully saturated rings. The van der Waals surface area contributed by atoms with E-state index in [9.17, 15) is 0 Å². The first-order chi connectivity index (χ1) is 18.6. The van der Waals surface area contributed by atoms with E-state index in [4.69, 9.17) is 23.8 Å². The van der Waals surface area contributed by atoms with Gasteiger partial charge in [0.25, 0.3) is 0 Å². The van der Waals surface area contributed by atoms with Crippen LogP contribution in [0.25, 0.3) is 0 Å². The molecule has 0 spiro atoms. The van der Waals surface area contributed by atoms with Gasteiger partial charge in [0, 0.05) is 47.8 Å². The number of hydrogen-bond acceptors (Lipinski definition) is 9. The Kier molecular flexibility index (Phi) is 9.00. The summed E-state index contributed by atoms with van der Waals surface area (Å²) in [6, 6.07) is 13.6. The minimum Gasteiger partial charge on any atom is -0.361 e. The maximum atomic E-state index is 6.34. The minimum absolute atomic E-state index is 0.0241. The van der Waals surface area contributed by atoms with Crippen molar-refractivity contribution >= 4 is 58.4 Å². The summed E-state index contributed by atoms with van der Waals surface area (Å²) in [6.07, 6.45) is 12.6. The first kappa shape index (κ1) is 26.7. The molecule has 3 heterocycles. The molecule has 1 aliphatic rings. The van der Waals surface area contributed by atoms with Crippen LogP contribution in [0.5, 0.6) is 0 Å². The van der Waals surface area contributed by atoms with Crippen molar-refractivity contribution in [2.75, 3.05) is 11.9 Å². The van der Waals surface area contributed by atoms with E-state index in [0.717, 1.165) is 17.9 Å². The van der Waals surface area contributed by atoms with E-state index in [1.807, 2.05) is 18.2 Å². The van der Waals surface area contributed by atoms with Gasteiger partial charge in [-0.25, -0.2) is 29.9 Å². The summed E-state index contributed by atoms with van der Waals surface area (Å²) in [4.78, 5) is 26.5. The summed E-state index contributed by atoms with van der Waals surface area (Å²) in [6.45, 7) is 0.699. The quantitative estimate of drug-likeness (QED) is 0.141. The molecule has 0 unspecified atom stereocenters. The summed E-state index contributed by atoms with van der Waals surface area (Å²) in [5.41, 5.74) is 1.23. The van der Waals surface area contributed by atoms with Gasteiger partial charge in [0.2, 0.25) is 5.95 Å². The standard InChI is InChI=1S/C26H25ClN8S3/c27-19-8-4-7-18(15-19)26(9-2-1-3-10-26)17-32-23(36)35-22-33-20(37-24-28-11-5-12-29-24)16-21(34-22)38-25-30-13-6-14-31-25/h4-8,11-16H,1-3,9-10,17H2,(H2,32,33,34,35,36). The number of nitrogens with one attached hydrogen (secondary N) is 2. The molecule has 1 aromatic carbocycles. The summed E-state index contributed by atoms with van der Waals surface area (Å²) in [7, 11) is 0. The highest BCUT2D eigenvalue weighted by Crippen LogP contribution is 2.40. The maximum Gasteiger partial charge on any atom is 0.231 e. The molecule has 38 heavy (non-hydrogen) atoms. The normalized spacial score (nSPS) is 14.6. The fourth-order valence-electron chi connectivity index (χ4n) is 4.44. The van der Waals surface area contributed by atoms with E-state index in [1.165, 1.54) is 48.3 Å². The Balaban J connectivity index is 1.33. The summed E-state index contributed by atoms with van der Waals surface area (Å²) >= 11 is 14.7. The first-order valence-electron chi connectivity index (χ1n) is 12.2. The third-order valence-electron chi connectivity index (χ3n) is 6.22. The SMILES string of the molecule is S=C(NCC1(c2cccc(Cl)c2)CCCCC1)Nc1nc(Sc2ncccn2)cc(Sc2ncccn2)n1. The van der Waals surface area contributed by atoms with Crippen LogP contribution in [0.2, 0.25) is 5.02 Å². The fourth-order valence-corrected chi connectivity index (χ4v) is 6.30. The molecule has 0 bridgehead atoms. The Labute approximate surface area is 240 Å². The monoisotopic (exact) mass is 580 g/mol. The lowest BCUT2D eigenvalue weighted by molar-refractivity contribution is 0.292. The van der Waals surface area contributed by atoms with Crippen molar-refractivity contribution in [1.82, 2.24) is 35.2 Å². The summed E-state index contributed by atoms with van der Waals surface area (Å²) in [5.74, 6) is 0.377. The third kappa shape index (κ3) is 7.16. The lowest BCUT2D eigenvalue weighted by Gasteiger charge is -2.38. The van der Waals surface area contributed by atoms with E-state index in [0.29, 0.717) is 38.0 Å². The predicted molar refractivity (Wildman–Crippen MR) is 155 cm³/mol. The zero-order chi connectivity index (χ0) is 26.2. The first-order valence-corrected chi connectivity index (χ1v) is 14.6. The third-order valence-corrected chi connectivity index (χ3v) is 8.32. The zero-order valence-electron chi connectivity index (χ0n) is 20.4. The van der Waals surface area contributed by atoms with Crippen molar-refractivity contribution < 1.29 is 0 Å². The molecule has 2 N–H and O–H groups in total. The summed E-state index contributed by atoms with van der Waals surface area (Å²) in [5, 5.41) is 10.4. The lowest BCUT2D eigenvalue weighted by atomic mass is 9.69. The van der Waals surface area contributed by atoms with Crippen LogP contribution < -0.4 is 10.6 Å². The van der Waals surface area contributed by atoms with Crippen molar-refractivity contribution in [2.45, 2.75) is 57.9 Å². The van der Waals surface area contributed by atoms with Crippen LogP contribution in [-0.4, -0.2) is 41.6 Å². The number of thiocarbonyl (C=S) groups is 1. The predicted octanol–water partition coefficient (Wildman–Crippen LogP) is 6.20. The molecule has 3 aromatic heterocycles. The van der Waals surface area contributed by atoms with Gasteiger partial charge in [-0.05, 0) is 78.4 Å². The molecule has 0 saturated heterocycles. The molecule has 194 valence electrons. The van der Waals surface area contributed by atoms with E-state index >= 15 is 0 Å². The topological polar surface area (TPSA) is 101 Å². The summed E-state index contributed by atoms with van der Waals surface area (Å²) < 4.78 is 0. The molecular formula is C26H25ClN8S3. The van der Waals surface area contributed by atoms with E-state index in [2.05, 4.69) is 52.7 Å². The van der Waals surface area contributed by atoms with Crippen LogP contribution in [0.4, 0.5) is 5.95 Å². The van der Waals surface area contributed by atoms with Crippen molar-refractivity contribution in [2.24, 2.45) is 0 Å². The van der Waals surface area contributed by atoms with Crippen LogP contribution in [0.15, 0.2) is 87.6 Å². The van der Waals surface area contributed by atoms with Gasteiger partial charge in [-0.1, -0.05) is 43.0 Å². The highest BCUT2D eigenvalue weighted by molar-refractivity contribution is 7.99. The number of anilines is 1. The van der Waals surface area contributed by atoms with E-state index in [1.54, 1.807) is 36.9 Å². The van der Waals surface area contributed by atoms with Gasteiger partial charge in [-0.2, -0.15) is 0 Å². The average Bonchev–Trinajstić information content (AvgIpc) is 2.93. The molecule has 5 rings (SSSR count). The molecule has 0 atom stereocenters. The number of benzene rings is 1. The fraction of sp³-hybridized carbons (Fsp3) is 0.269. The van der Waals surface area contributed by atoms with Crippen LogP contribution in [0, 0.1) is 0 Å². The molecule has 4 aromatic rings. The van der Waals surface area contributed by atoms with Gasteiger partial charge in [0.1, 0.15) is 10.1 Å². The van der Waals surface area contributed by atoms with Gasteiger partial charge in [-0.3, -0.25) is 0 Å². The van der Waals surface area contributed by atoms with Gasteiger partial charge < -0.3 is 10.6 Å². The molecule has 0 amide bonds. The Morgan fingerprint density at radius 1 is 0.842 bits per heavy atom. The van der Waals surface area contributed by atoms with Gasteiger partial charge in [0.05, 0.1) is 0 Å². The molecule has 12 heteroatoms. The Morgan fingerprint density at radius 2 is 1.45 bits per heavy atom. The number of halogens is 1. The van der Waals surface area contributed by atoms with Crippen molar-refractivity contribution in [3.05, 3.63) is 77.8 Å². The number of aromatic nitrogens is 6. The smallest absolute Gasteiger partial charge is 0.231 e. The van der Waals surface area contributed by atoms with Gasteiger partial charge in [0.15, 0.2) is 15.4 Å². The van der Waals surface area contributed by atoms with Crippen molar-refractivity contribution in [3.63, 3.8) is 0 Å². The van der Waals surface area contributed by atoms with Crippen LogP contribution in [-0.2, 0) is 5.41 Å². The number of rotatable bonds is 8. The highest BCUT2D eigenvalue weighted by Gasteiger charge is 2.34. The lowest BCUT2D eigenvalue weighted by Crippen LogP contribution is -2.43. The van der Waals surface area contributed by atoms with E-state index < -0.39 is 0 Å². The largest absolute Gasteiger partial charge is 0.361 e. The second-order valence-electron chi connectivity index (χ2n) is 8.79. The van der Waals surface area contributed by atoms with Crippen molar-refractivity contribution in [1.29, 1.82) is 0 Å². The van der Waals surface area contributed by atoms with Gasteiger partial charge in [-0.15, -0.1) is 0 Å². The minimum atomic E-state index is -0.0241. The second-order valence-corrected chi connectivity index (χ2v) is 11.6. The maximum absolute atomic E-state index is 6.34. The number of nitrogens with zero attached hydrogens (tertiary/aromatic N) is 6. The van der Waals surface area contributed by atoms with Crippen LogP contribution in [0.1, 0.15) is 37.7 Å². The van der Waals surface area contributed by atoms with Crippen LogP contribution in [0.3, 0.4) is 0 Å². The second kappa shape index (κ2) is 12.8. The molecule has 8 nitrogen and oxygen atoms in total. The Bertz CT molecular complexity index is 1310. The van der Waals surface area contributed by atoms with Crippen molar-refractivity contribution in [3.8, 4) is 0 Å². The van der Waals surface area contributed by atoms with E-state index in [-0.39, 0.29) is 5.41 Å². The van der Waals surface area contributed by atoms with Gasteiger partial charge >= 0.3 is 0 Å². The molecular weight excluding hydrogens is 556 g/mol. The Morgan fingerprint density at radius 3 is 2.03 bits per heavy atom. The number of hydrogen-bond donors (Lipinski definition) is 2. The molecule has 1 saturated carbocycles. The molecule has 0 radical (unpaired) electrons.